The number of aromatic nitrogens is 1. The molecule has 1 aromatic heterocycles. The standard InChI is InChI=1S/C16H22N2O/c1-4-15(14-7-5-6-8-16(14)19-3)17-11-13-9-10-18(2)12-13/h5-10,12,15,17H,4,11H2,1-3H3. The zero-order valence-electron chi connectivity index (χ0n) is 11.9. The number of aryl methyl sites for hydroxylation is 1. The van der Waals surface area contributed by atoms with Crippen molar-refractivity contribution in [1.29, 1.82) is 0 Å². The second-order valence-corrected chi connectivity index (χ2v) is 4.77. The molecule has 0 saturated carbocycles. The maximum absolute atomic E-state index is 5.44. The Morgan fingerprint density at radius 2 is 2.05 bits per heavy atom. The molecule has 1 heterocycles. The second kappa shape index (κ2) is 6.43. The highest BCUT2D eigenvalue weighted by Gasteiger charge is 2.13. The van der Waals surface area contributed by atoms with Gasteiger partial charge in [-0.2, -0.15) is 0 Å². The summed E-state index contributed by atoms with van der Waals surface area (Å²) in [4.78, 5) is 0. The van der Waals surface area contributed by atoms with Crippen molar-refractivity contribution >= 4 is 0 Å². The van der Waals surface area contributed by atoms with Gasteiger partial charge in [-0.3, -0.25) is 0 Å². The van der Waals surface area contributed by atoms with Crippen molar-refractivity contribution in [2.45, 2.75) is 25.9 Å². The predicted octanol–water partition coefficient (Wildman–Crippen LogP) is 3.27. The first kappa shape index (κ1) is 13.7. The van der Waals surface area contributed by atoms with Crippen molar-refractivity contribution in [3.05, 3.63) is 53.9 Å². The summed E-state index contributed by atoms with van der Waals surface area (Å²) in [7, 11) is 3.77. The zero-order valence-corrected chi connectivity index (χ0v) is 11.9. The molecule has 19 heavy (non-hydrogen) atoms. The van der Waals surface area contributed by atoms with Crippen LogP contribution in [-0.4, -0.2) is 11.7 Å². The monoisotopic (exact) mass is 258 g/mol. The lowest BCUT2D eigenvalue weighted by atomic mass is 10.0. The van der Waals surface area contributed by atoms with Gasteiger partial charge in [-0.15, -0.1) is 0 Å². The maximum atomic E-state index is 5.44. The van der Waals surface area contributed by atoms with E-state index in [0.29, 0.717) is 6.04 Å². The van der Waals surface area contributed by atoms with Gasteiger partial charge >= 0.3 is 0 Å². The fourth-order valence-corrected chi connectivity index (χ4v) is 2.34. The Labute approximate surface area is 115 Å². The molecule has 0 bridgehead atoms. The average molecular weight is 258 g/mol. The van der Waals surface area contributed by atoms with Crippen molar-refractivity contribution in [2.75, 3.05) is 7.11 Å². The van der Waals surface area contributed by atoms with E-state index >= 15 is 0 Å². The molecule has 0 saturated heterocycles. The molecule has 0 aliphatic carbocycles. The van der Waals surface area contributed by atoms with Crippen molar-refractivity contribution in [2.24, 2.45) is 7.05 Å². The number of nitrogens with one attached hydrogen (secondary N) is 1. The summed E-state index contributed by atoms with van der Waals surface area (Å²) in [6.45, 7) is 3.06. The molecule has 0 radical (unpaired) electrons. The summed E-state index contributed by atoms with van der Waals surface area (Å²) in [6.07, 6.45) is 5.25. The minimum absolute atomic E-state index is 0.316. The molecule has 3 nitrogen and oxygen atoms in total. The predicted molar refractivity (Wildman–Crippen MR) is 78.3 cm³/mol. The number of ether oxygens (including phenoxy) is 1. The highest BCUT2D eigenvalue weighted by Crippen LogP contribution is 2.27. The van der Waals surface area contributed by atoms with Crippen LogP contribution in [-0.2, 0) is 13.6 Å². The van der Waals surface area contributed by atoms with E-state index in [9.17, 15) is 0 Å². The number of methoxy groups -OCH3 is 1. The van der Waals surface area contributed by atoms with E-state index < -0.39 is 0 Å². The minimum atomic E-state index is 0.316. The molecule has 0 aliphatic heterocycles. The van der Waals surface area contributed by atoms with Crippen LogP contribution >= 0.6 is 0 Å². The van der Waals surface area contributed by atoms with Gasteiger partial charge < -0.3 is 14.6 Å². The van der Waals surface area contributed by atoms with Crippen LogP contribution < -0.4 is 10.1 Å². The van der Waals surface area contributed by atoms with Gasteiger partial charge in [0.25, 0.3) is 0 Å². The Bertz CT molecular complexity index is 519. The Morgan fingerprint density at radius 3 is 2.68 bits per heavy atom. The van der Waals surface area contributed by atoms with Crippen LogP contribution in [0.1, 0.15) is 30.5 Å². The summed E-state index contributed by atoms with van der Waals surface area (Å²) >= 11 is 0. The first-order valence-electron chi connectivity index (χ1n) is 6.71. The molecule has 1 N–H and O–H groups in total. The number of hydrogen-bond donors (Lipinski definition) is 1. The first-order chi connectivity index (χ1) is 9.24. The van der Waals surface area contributed by atoms with Crippen LogP contribution in [0.5, 0.6) is 5.75 Å². The Hall–Kier alpha value is -1.74. The fourth-order valence-electron chi connectivity index (χ4n) is 2.34. The molecule has 0 amide bonds. The van der Waals surface area contributed by atoms with E-state index in [1.165, 1.54) is 11.1 Å². The highest BCUT2D eigenvalue weighted by molar-refractivity contribution is 5.35. The quantitative estimate of drug-likeness (QED) is 0.860. The topological polar surface area (TPSA) is 26.2 Å². The van der Waals surface area contributed by atoms with Gasteiger partial charge in [-0.05, 0) is 24.1 Å². The van der Waals surface area contributed by atoms with Crippen molar-refractivity contribution in [1.82, 2.24) is 9.88 Å². The van der Waals surface area contributed by atoms with Gasteiger partial charge in [0.15, 0.2) is 0 Å². The van der Waals surface area contributed by atoms with E-state index in [1.807, 2.05) is 19.2 Å². The first-order valence-corrected chi connectivity index (χ1v) is 6.71. The minimum Gasteiger partial charge on any atom is -0.496 e. The van der Waals surface area contributed by atoms with Crippen molar-refractivity contribution in [3.63, 3.8) is 0 Å². The third-order valence-electron chi connectivity index (χ3n) is 3.37. The summed E-state index contributed by atoms with van der Waals surface area (Å²) in [5, 5.41) is 3.60. The molecular weight excluding hydrogens is 236 g/mol. The van der Waals surface area contributed by atoms with Crippen LogP contribution in [0.3, 0.4) is 0 Å². The van der Waals surface area contributed by atoms with Gasteiger partial charge in [0.2, 0.25) is 0 Å². The third kappa shape index (κ3) is 3.38. The third-order valence-corrected chi connectivity index (χ3v) is 3.37. The van der Waals surface area contributed by atoms with E-state index in [1.54, 1.807) is 7.11 Å². The zero-order chi connectivity index (χ0) is 13.7. The lowest BCUT2D eigenvalue weighted by Gasteiger charge is -2.19. The van der Waals surface area contributed by atoms with Gasteiger partial charge in [0, 0.05) is 37.6 Å². The molecule has 2 rings (SSSR count). The molecule has 0 fully saturated rings. The highest BCUT2D eigenvalue weighted by atomic mass is 16.5. The molecule has 1 unspecified atom stereocenters. The number of para-hydroxylation sites is 1. The molecule has 3 heteroatoms. The Kier molecular flexibility index (Phi) is 4.63. The smallest absolute Gasteiger partial charge is 0.123 e. The molecular formula is C16H22N2O. The summed E-state index contributed by atoms with van der Waals surface area (Å²) in [5.41, 5.74) is 2.53. The van der Waals surface area contributed by atoms with Gasteiger partial charge in [-0.1, -0.05) is 25.1 Å². The molecule has 2 aromatic rings. The number of benzene rings is 1. The maximum Gasteiger partial charge on any atom is 0.123 e. The Balaban J connectivity index is 2.07. The average Bonchev–Trinajstić information content (AvgIpc) is 2.86. The largest absolute Gasteiger partial charge is 0.496 e. The molecule has 0 spiro atoms. The van der Waals surface area contributed by atoms with E-state index in [-0.39, 0.29) is 0 Å². The second-order valence-electron chi connectivity index (χ2n) is 4.77. The summed E-state index contributed by atoms with van der Waals surface area (Å²) in [6, 6.07) is 10.7. The normalized spacial score (nSPS) is 12.4. The number of hydrogen-bond acceptors (Lipinski definition) is 2. The van der Waals surface area contributed by atoms with Crippen LogP contribution in [0, 0.1) is 0 Å². The molecule has 1 atom stereocenters. The van der Waals surface area contributed by atoms with Gasteiger partial charge in [0.05, 0.1) is 7.11 Å². The lowest BCUT2D eigenvalue weighted by Crippen LogP contribution is -2.20. The number of rotatable bonds is 6. The molecule has 0 aliphatic rings. The SMILES string of the molecule is CCC(NCc1ccn(C)c1)c1ccccc1OC. The van der Waals surface area contributed by atoms with Crippen molar-refractivity contribution in [3.8, 4) is 5.75 Å². The summed E-state index contributed by atoms with van der Waals surface area (Å²) < 4.78 is 7.51. The van der Waals surface area contributed by atoms with Crippen molar-refractivity contribution < 1.29 is 4.74 Å². The van der Waals surface area contributed by atoms with Gasteiger partial charge in [0.1, 0.15) is 5.75 Å². The van der Waals surface area contributed by atoms with E-state index in [2.05, 4.69) is 47.4 Å². The van der Waals surface area contributed by atoms with Gasteiger partial charge in [-0.25, -0.2) is 0 Å². The van der Waals surface area contributed by atoms with Crippen LogP contribution in [0.15, 0.2) is 42.7 Å². The fraction of sp³-hybridized carbons (Fsp3) is 0.375. The van der Waals surface area contributed by atoms with Crippen LogP contribution in [0.25, 0.3) is 0 Å². The summed E-state index contributed by atoms with van der Waals surface area (Å²) in [5.74, 6) is 0.954. The number of nitrogens with zero attached hydrogens (tertiary/aromatic N) is 1. The van der Waals surface area contributed by atoms with E-state index in [4.69, 9.17) is 4.74 Å². The van der Waals surface area contributed by atoms with Crippen LogP contribution in [0.2, 0.25) is 0 Å². The molecule has 1 aromatic carbocycles. The molecule has 102 valence electrons. The lowest BCUT2D eigenvalue weighted by molar-refractivity contribution is 0.396. The van der Waals surface area contributed by atoms with Crippen LogP contribution in [0.4, 0.5) is 0 Å². The van der Waals surface area contributed by atoms with E-state index in [0.717, 1.165) is 18.7 Å². The Morgan fingerprint density at radius 1 is 1.26 bits per heavy atom.